The van der Waals surface area contributed by atoms with Crippen molar-refractivity contribution >= 4 is 22.7 Å². The number of aryl methyl sites for hydroxylation is 1. The Balaban J connectivity index is 1.93. The van der Waals surface area contributed by atoms with Crippen molar-refractivity contribution in [3.8, 4) is 0 Å². The first-order valence-electron chi connectivity index (χ1n) is 7.76. The maximum Gasteiger partial charge on any atom is 0.0331 e. The van der Waals surface area contributed by atoms with Crippen molar-refractivity contribution in [3.63, 3.8) is 0 Å². The molecule has 0 atom stereocenters. The Kier molecular flexibility index (Phi) is 6.90. The molecule has 2 rings (SSSR count). The van der Waals surface area contributed by atoms with Gasteiger partial charge in [-0.15, -0.1) is 22.7 Å². The van der Waals surface area contributed by atoms with Gasteiger partial charge in [0.2, 0.25) is 0 Å². The van der Waals surface area contributed by atoms with E-state index in [9.17, 15) is 0 Å². The summed E-state index contributed by atoms with van der Waals surface area (Å²) in [6.07, 6.45) is 1.20. The molecule has 0 unspecified atom stereocenters. The van der Waals surface area contributed by atoms with Crippen molar-refractivity contribution in [2.45, 2.75) is 46.8 Å². The zero-order valence-corrected chi connectivity index (χ0v) is 14.9. The lowest BCUT2D eigenvalue weighted by Gasteiger charge is -2.19. The molecule has 2 heterocycles. The molecule has 4 heteroatoms. The second kappa shape index (κ2) is 8.69. The van der Waals surface area contributed by atoms with Crippen LogP contribution in [0.2, 0.25) is 0 Å². The molecule has 0 fully saturated rings. The van der Waals surface area contributed by atoms with E-state index in [2.05, 4.69) is 54.6 Å². The second-order valence-electron chi connectivity index (χ2n) is 5.35. The van der Waals surface area contributed by atoms with Crippen LogP contribution in [0.25, 0.3) is 0 Å². The Morgan fingerprint density at radius 1 is 1.19 bits per heavy atom. The van der Waals surface area contributed by atoms with E-state index in [1.807, 2.05) is 22.7 Å². The second-order valence-corrected chi connectivity index (χ2v) is 7.73. The lowest BCUT2D eigenvalue weighted by atomic mass is 10.2. The summed E-state index contributed by atoms with van der Waals surface area (Å²) in [5.74, 6) is 0. The lowest BCUT2D eigenvalue weighted by Crippen LogP contribution is -2.21. The summed E-state index contributed by atoms with van der Waals surface area (Å²) >= 11 is 3.79. The van der Waals surface area contributed by atoms with Crippen LogP contribution in [0.3, 0.4) is 0 Å². The highest BCUT2D eigenvalue weighted by molar-refractivity contribution is 7.12. The Morgan fingerprint density at radius 2 is 2.05 bits per heavy atom. The van der Waals surface area contributed by atoms with E-state index in [1.54, 1.807) is 0 Å². The van der Waals surface area contributed by atoms with Crippen LogP contribution in [0.15, 0.2) is 23.6 Å². The first-order chi connectivity index (χ1) is 10.2. The SMILES string of the molecule is CCCNCc1cc(CN(CC)Cc2cccs2)c(C)s1. The van der Waals surface area contributed by atoms with Crippen molar-refractivity contribution in [2.75, 3.05) is 13.1 Å². The first kappa shape index (κ1) is 16.7. The maximum absolute atomic E-state index is 3.49. The van der Waals surface area contributed by atoms with Gasteiger partial charge in [-0.1, -0.05) is 19.9 Å². The molecule has 0 aliphatic heterocycles. The molecule has 0 saturated carbocycles. The van der Waals surface area contributed by atoms with Gasteiger partial charge in [0.05, 0.1) is 0 Å². The molecule has 0 spiro atoms. The van der Waals surface area contributed by atoms with Crippen molar-refractivity contribution < 1.29 is 0 Å². The van der Waals surface area contributed by atoms with E-state index in [0.29, 0.717) is 0 Å². The molecule has 0 aliphatic rings. The van der Waals surface area contributed by atoms with Gasteiger partial charge in [-0.2, -0.15) is 0 Å². The van der Waals surface area contributed by atoms with Crippen molar-refractivity contribution in [1.29, 1.82) is 0 Å². The molecule has 2 aromatic rings. The van der Waals surface area contributed by atoms with Crippen LogP contribution >= 0.6 is 22.7 Å². The van der Waals surface area contributed by atoms with Crippen LogP contribution in [0.5, 0.6) is 0 Å². The third-order valence-electron chi connectivity index (χ3n) is 3.60. The fourth-order valence-corrected chi connectivity index (χ4v) is 4.13. The van der Waals surface area contributed by atoms with Crippen LogP contribution in [-0.4, -0.2) is 18.0 Å². The number of nitrogens with one attached hydrogen (secondary N) is 1. The van der Waals surface area contributed by atoms with Crippen LogP contribution in [0, 0.1) is 6.92 Å². The molecule has 2 aromatic heterocycles. The molecular formula is C17H26N2S2. The van der Waals surface area contributed by atoms with Crippen molar-refractivity contribution in [2.24, 2.45) is 0 Å². The molecule has 1 N–H and O–H groups in total. The minimum absolute atomic E-state index is 1.01. The summed E-state index contributed by atoms with van der Waals surface area (Å²) in [4.78, 5) is 6.90. The third kappa shape index (κ3) is 5.22. The molecule has 0 saturated heterocycles. The van der Waals surface area contributed by atoms with Gasteiger partial charge in [-0.3, -0.25) is 4.90 Å². The Labute approximate surface area is 136 Å². The van der Waals surface area contributed by atoms with Gasteiger partial charge in [0.15, 0.2) is 0 Å². The van der Waals surface area contributed by atoms with E-state index < -0.39 is 0 Å². The molecule has 21 heavy (non-hydrogen) atoms. The van der Waals surface area contributed by atoms with Gasteiger partial charge in [0.25, 0.3) is 0 Å². The van der Waals surface area contributed by atoms with Gasteiger partial charge in [0.1, 0.15) is 0 Å². The standard InChI is InChI=1S/C17H26N2S2/c1-4-8-18-11-17-10-15(14(3)21-17)12-19(5-2)13-16-7-6-9-20-16/h6-7,9-10,18H,4-5,8,11-13H2,1-3H3. The van der Waals surface area contributed by atoms with Gasteiger partial charge >= 0.3 is 0 Å². The third-order valence-corrected chi connectivity index (χ3v) is 5.55. The van der Waals surface area contributed by atoms with Crippen LogP contribution in [0.1, 0.15) is 40.5 Å². The fraction of sp³-hybridized carbons (Fsp3) is 0.529. The normalized spacial score (nSPS) is 11.4. The van der Waals surface area contributed by atoms with E-state index in [-0.39, 0.29) is 0 Å². The van der Waals surface area contributed by atoms with E-state index in [0.717, 1.165) is 32.7 Å². The molecular weight excluding hydrogens is 296 g/mol. The first-order valence-corrected chi connectivity index (χ1v) is 9.46. The van der Waals surface area contributed by atoms with Crippen LogP contribution < -0.4 is 5.32 Å². The number of hydrogen-bond donors (Lipinski definition) is 1. The summed E-state index contributed by atoms with van der Waals surface area (Å²) < 4.78 is 0. The minimum Gasteiger partial charge on any atom is -0.312 e. The molecule has 0 radical (unpaired) electrons. The predicted octanol–water partition coefficient (Wildman–Crippen LogP) is 4.64. The summed E-state index contributed by atoms with van der Waals surface area (Å²) in [5, 5.41) is 5.66. The Hall–Kier alpha value is -0.680. The number of hydrogen-bond acceptors (Lipinski definition) is 4. The molecule has 0 aliphatic carbocycles. The topological polar surface area (TPSA) is 15.3 Å². The molecule has 116 valence electrons. The van der Waals surface area contributed by atoms with E-state index in [4.69, 9.17) is 0 Å². The summed E-state index contributed by atoms with van der Waals surface area (Å²) in [6.45, 7) is 12.0. The van der Waals surface area contributed by atoms with E-state index >= 15 is 0 Å². The minimum atomic E-state index is 1.01. The summed E-state index contributed by atoms with van der Waals surface area (Å²) in [6, 6.07) is 6.76. The highest BCUT2D eigenvalue weighted by atomic mass is 32.1. The number of nitrogens with zero attached hydrogens (tertiary/aromatic N) is 1. The maximum atomic E-state index is 3.49. The highest BCUT2D eigenvalue weighted by Gasteiger charge is 2.10. The Morgan fingerprint density at radius 3 is 2.71 bits per heavy atom. The summed E-state index contributed by atoms with van der Waals surface area (Å²) in [5.41, 5.74) is 1.49. The fourth-order valence-electron chi connectivity index (χ4n) is 2.36. The predicted molar refractivity (Wildman–Crippen MR) is 95.2 cm³/mol. The van der Waals surface area contributed by atoms with Crippen molar-refractivity contribution in [3.05, 3.63) is 43.8 Å². The van der Waals surface area contributed by atoms with Crippen molar-refractivity contribution in [1.82, 2.24) is 10.2 Å². The monoisotopic (exact) mass is 322 g/mol. The number of rotatable bonds is 9. The average Bonchev–Trinajstić information content (AvgIpc) is 3.09. The smallest absolute Gasteiger partial charge is 0.0331 e. The number of thiophene rings is 2. The zero-order chi connectivity index (χ0) is 15.1. The molecule has 2 nitrogen and oxygen atoms in total. The van der Waals surface area contributed by atoms with Crippen LogP contribution in [-0.2, 0) is 19.6 Å². The van der Waals surface area contributed by atoms with Crippen LogP contribution in [0.4, 0.5) is 0 Å². The zero-order valence-electron chi connectivity index (χ0n) is 13.3. The van der Waals surface area contributed by atoms with Gasteiger partial charge < -0.3 is 5.32 Å². The van der Waals surface area contributed by atoms with Gasteiger partial charge in [-0.05, 0) is 49.5 Å². The summed E-state index contributed by atoms with van der Waals surface area (Å²) in [7, 11) is 0. The van der Waals surface area contributed by atoms with E-state index in [1.165, 1.54) is 26.6 Å². The van der Waals surface area contributed by atoms with Gasteiger partial charge in [-0.25, -0.2) is 0 Å². The molecule has 0 bridgehead atoms. The quantitative estimate of drug-likeness (QED) is 0.677. The van der Waals surface area contributed by atoms with Gasteiger partial charge in [0, 0.05) is 34.3 Å². The highest BCUT2D eigenvalue weighted by Crippen LogP contribution is 2.24. The largest absolute Gasteiger partial charge is 0.312 e. The molecule has 0 aromatic carbocycles. The lowest BCUT2D eigenvalue weighted by molar-refractivity contribution is 0.273. The molecule has 0 amide bonds. The Bertz CT molecular complexity index is 517. The average molecular weight is 323 g/mol.